The van der Waals surface area contributed by atoms with Crippen LogP contribution in [0.5, 0.6) is 0 Å². The van der Waals surface area contributed by atoms with E-state index in [2.05, 4.69) is 15.5 Å². The Labute approximate surface area is 176 Å². The van der Waals surface area contributed by atoms with E-state index in [9.17, 15) is 9.59 Å². The van der Waals surface area contributed by atoms with Crippen LogP contribution < -0.4 is 5.32 Å². The number of hydrogen-bond acceptors (Lipinski definition) is 5. The Balaban J connectivity index is 1.74. The molecule has 3 rings (SSSR count). The van der Waals surface area contributed by atoms with Gasteiger partial charge in [0.1, 0.15) is 0 Å². The van der Waals surface area contributed by atoms with Crippen LogP contribution in [-0.4, -0.2) is 33.0 Å². The number of para-hydroxylation sites is 1. The number of aromatic nitrogens is 3. The molecular weight excluding hydrogens is 380 g/mol. The molecule has 1 atom stereocenters. The second-order valence-corrected chi connectivity index (χ2v) is 7.52. The molecule has 0 unspecified atom stereocenters. The Morgan fingerprint density at radius 3 is 2.27 bits per heavy atom. The number of anilines is 1. The van der Waals surface area contributed by atoms with Crippen molar-refractivity contribution in [2.24, 2.45) is 0 Å². The zero-order valence-corrected chi connectivity index (χ0v) is 18.1. The van der Waals surface area contributed by atoms with E-state index in [-0.39, 0.29) is 5.69 Å². The van der Waals surface area contributed by atoms with Crippen molar-refractivity contribution >= 4 is 17.6 Å². The van der Waals surface area contributed by atoms with E-state index >= 15 is 0 Å². The summed E-state index contributed by atoms with van der Waals surface area (Å²) in [6.45, 7) is 11.0. The molecule has 0 aliphatic rings. The van der Waals surface area contributed by atoms with Crippen molar-refractivity contribution in [1.82, 2.24) is 15.0 Å². The third-order valence-electron chi connectivity index (χ3n) is 4.93. The number of amides is 1. The molecule has 1 N–H and O–H groups in total. The third kappa shape index (κ3) is 4.40. The van der Waals surface area contributed by atoms with Gasteiger partial charge in [0.25, 0.3) is 5.91 Å². The molecule has 0 fully saturated rings. The summed E-state index contributed by atoms with van der Waals surface area (Å²) >= 11 is 0. The molecule has 0 spiro atoms. The zero-order chi connectivity index (χ0) is 22.0. The average Bonchev–Trinajstić information content (AvgIpc) is 3.06. The number of rotatable bonds is 5. The van der Waals surface area contributed by atoms with Gasteiger partial charge in [0.15, 0.2) is 11.8 Å². The molecule has 0 bridgehead atoms. The lowest BCUT2D eigenvalue weighted by Crippen LogP contribution is -2.30. The van der Waals surface area contributed by atoms with Crippen LogP contribution in [0, 0.1) is 34.6 Å². The van der Waals surface area contributed by atoms with Gasteiger partial charge in [0, 0.05) is 5.69 Å². The lowest BCUT2D eigenvalue weighted by Gasteiger charge is -2.15. The summed E-state index contributed by atoms with van der Waals surface area (Å²) in [5.74, 6) is -1.09. The number of ether oxygens (including phenoxy) is 1. The molecule has 0 saturated carbocycles. The van der Waals surface area contributed by atoms with Crippen LogP contribution in [0.2, 0.25) is 0 Å². The van der Waals surface area contributed by atoms with Crippen molar-refractivity contribution in [3.63, 3.8) is 0 Å². The molecule has 0 aliphatic heterocycles. The molecule has 1 aromatic heterocycles. The lowest BCUT2D eigenvalue weighted by molar-refractivity contribution is -0.123. The van der Waals surface area contributed by atoms with Crippen LogP contribution in [0.4, 0.5) is 5.69 Å². The first-order valence-corrected chi connectivity index (χ1v) is 9.77. The number of nitrogens with one attached hydrogen (secondary N) is 1. The van der Waals surface area contributed by atoms with Crippen molar-refractivity contribution in [3.8, 4) is 5.69 Å². The van der Waals surface area contributed by atoms with E-state index in [1.807, 2.05) is 64.1 Å². The Morgan fingerprint density at radius 1 is 0.967 bits per heavy atom. The Hall–Kier alpha value is -3.48. The van der Waals surface area contributed by atoms with E-state index in [0.29, 0.717) is 5.69 Å². The van der Waals surface area contributed by atoms with Gasteiger partial charge in [-0.15, -0.1) is 5.10 Å². The third-order valence-corrected chi connectivity index (χ3v) is 4.93. The molecule has 2 aromatic carbocycles. The Bertz CT molecular complexity index is 1100. The smallest absolute Gasteiger partial charge is 0.361 e. The predicted molar refractivity (Wildman–Crippen MR) is 115 cm³/mol. The van der Waals surface area contributed by atoms with Gasteiger partial charge in [-0.05, 0) is 64.3 Å². The molecule has 0 radical (unpaired) electrons. The van der Waals surface area contributed by atoms with Gasteiger partial charge in [-0.25, -0.2) is 4.79 Å². The highest BCUT2D eigenvalue weighted by Crippen LogP contribution is 2.20. The maximum atomic E-state index is 12.6. The van der Waals surface area contributed by atoms with E-state index in [1.165, 1.54) is 11.7 Å². The van der Waals surface area contributed by atoms with Crippen LogP contribution >= 0.6 is 0 Å². The molecule has 3 aromatic rings. The number of carbonyl (C=O) groups is 2. The molecule has 1 heterocycles. The van der Waals surface area contributed by atoms with Crippen LogP contribution in [0.25, 0.3) is 5.69 Å². The van der Waals surface area contributed by atoms with Crippen molar-refractivity contribution in [3.05, 3.63) is 70.0 Å². The molecule has 0 saturated heterocycles. The fraction of sp³-hybridized carbons (Fsp3) is 0.304. The quantitative estimate of drug-likeness (QED) is 0.648. The van der Waals surface area contributed by atoms with E-state index in [1.54, 1.807) is 6.92 Å². The van der Waals surface area contributed by atoms with E-state index in [0.717, 1.165) is 33.6 Å². The summed E-state index contributed by atoms with van der Waals surface area (Å²) < 4.78 is 5.36. The van der Waals surface area contributed by atoms with Crippen molar-refractivity contribution in [2.45, 2.75) is 47.6 Å². The minimum Gasteiger partial charge on any atom is -0.448 e. The largest absolute Gasteiger partial charge is 0.448 e. The Kier molecular flexibility index (Phi) is 6.01. The first kappa shape index (κ1) is 21.2. The van der Waals surface area contributed by atoms with E-state index < -0.39 is 18.0 Å². The second kappa shape index (κ2) is 8.49. The van der Waals surface area contributed by atoms with Crippen molar-refractivity contribution in [2.75, 3.05) is 5.32 Å². The maximum Gasteiger partial charge on any atom is 0.361 e. The Morgan fingerprint density at radius 2 is 1.63 bits per heavy atom. The van der Waals surface area contributed by atoms with Gasteiger partial charge in [0.05, 0.1) is 11.4 Å². The minimum absolute atomic E-state index is 0.0849. The van der Waals surface area contributed by atoms with E-state index in [4.69, 9.17) is 4.74 Å². The number of aryl methyl sites for hydroxylation is 5. The van der Waals surface area contributed by atoms with Gasteiger partial charge in [-0.2, -0.15) is 9.90 Å². The SMILES string of the molecule is Cc1ccc(-n2nc(C)c(C(=O)O[C@@H](C)C(=O)Nc3c(C)cccc3C)n2)c(C)c1. The second-order valence-electron chi connectivity index (χ2n) is 7.52. The number of benzene rings is 2. The highest BCUT2D eigenvalue weighted by atomic mass is 16.5. The van der Waals surface area contributed by atoms with Gasteiger partial charge >= 0.3 is 5.97 Å². The fourth-order valence-corrected chi connectivity index (χ4v) is 3.21. The summed E-state index contributed by atoms with van der Waals surface area (Å²) in [5, 5.41) is 11.5. The topological polar surface area (TPSA) is 86.1 Å². The number of hydrogen-bond donors (Lipinski definition) is 1. The highest BCUT2D eigenvalue weighted by Gasteiger charge is 2.24. The number of nitrogens with zero attached hydrogens (tertiary/aromatic N) is 3. The standard InChI is InChI=1S/C23H26N4O3/c1-13-10-11-19(16(4)12-13)27-25-17(5)21(26-27)23(29)30-18(6)22(28)24-20-14(2)8-7-9-15(20)3/h7-12,18H,1-6H3,(H,24,28)/t18-/m0/s1. The molecule has 7 heteroatoms. The van der Waals surface area contributed by atoms with Gasteiger partial charge in [-0.1, -0.05) is 35.9 Å². The first-order valence-electron chi connectivity index (χ1n) is 9.77. The summed E-state index contributed by atoms with van der Waals surface area (Å²) in [5.41, 5.74) is 6.02. The van der Waals surface area contributed by atoms with Crippen LogP contribution in [0.1, 0.15) is 45.4 Å². The summed E-state index contributed by atoms with van der Waals surface area (Å²) in [4.78, 5) is 26.6. The number of carbonyl (C=O) groups excluding carboxylic acids is 2. The first-order chi connectivity index (χ1) is 14.2. The molecule has 0 aliphatic carbocycles. The average molecular weight is 406 g/mol. The highest BCUT2D eigenvalue weighted by molar-refractivity contribution is 5.98. The fourth-order valence-electron chi connectivity index (χ4n) is 3.21. The van der Waals surface area contributed by atoms with Crippen molar-refractivity contribution in [1.29, 1.82) is 0 Å². The molecular formula is C23H26N4O3. The lowest BCUT2D eigenvalue weighted by atomic mass is 10.1. The van der Waals surface area contributed by atoms with Gasteiger partial charge in [-0.3, -0.25) is 4.79 Å². The molecule has 7 nitrogen and oxygen atoms in total. The van der Waals surface area contributed by atoms with Crippen LogP contribution in [-0.2, 0) is 9.53 Å². The maximum absolute atomic E-state index is 12.6. The molecule has 1 amide bonds. The number of esters is 1. The zero-order valence-electron chi connectivity index (χ0n) is 18.1. The summed E-state index contributed by atoms with van der Waals surface area (Å²) in [7, 11) is 0. The van der Waals surface area contributed by atoms with Crippen LogP contribution in [0.3, 0.4) is 0 Å². The van der Waals surface area contributed by atoms with Crippen LogP contribution in [0.15, 0.2) is 36.4 Å². The minimum atomic E-state index is -0.984. The monoisotopic (exact) mass is 406 g/mol. The van der Waals surface area contributed by atoms with Crippen molar-refractivity contribution < 1.29 is 14.3 Å². The van der Waals surface area contributed by atoms with Gasteiger partial charge in [0.2, 0.25) is 0 Å². The predicted octanol–water partition coefficient (Wildman–Crippen LogP) is 3.99. The summed E-state index contributed by atoms with van der Waals surface area (Å²) in [6, 6.07) is 11.6. The normalized spacial score (nSPS) is 11.8. The summed E-state index contributed by atoms with van der Waals surface area (Å²) in [6.07, 6.45) is -0.984. The van der Waals surface area contributed by atoms with Gasteiger partial charge < -0.3 is 10.1 Å². The molecule has 30 heavy (non-hydrogen) atoms. The molecule has 156 valence electrons.